The lowest BCUT2D eigenvalue weighted by atomic mass is 10.1. The largest absolute Gasteiger partial charge is 0.493 e. The van der Waals surface area contributed by atoms with E-state index < -0.39 is 0 Å². The number of hydrogen-bond donors (Lipinski definition) is 0. The lowest BCUT2D eigenvalue weighted by Crippen LogP contribution is -2.00. The summed E-state index contributed by atoms with van der Waals surface area (Å²) in [6, 6.07) is 12.1. The van der Waals surface area contributed by atoms with E-state index in [0.29, 0.717) is 24.0 Å². The van der Waals surface area contributed by atoms with Crippen molar-refractivity contribution in [2.45, 2.75) is 19.4 Å². The van der Waals surface area contributed by atoms with Gasteiger partial charge >= 0.3 is 0 Å². The summed E-state index contributed by atoms with van der Waals surface area (Å²) < 4.78 is 11.4. The van der Waals surface area contributed by atoms with E-state index in [1.54, 1.807) is 18.4 Å². The highest BCUT2D eigenvalue weighted by atomic mass is 35.5. The maximum absolute atomic E-state index is 5.98. The smallest absolute Gasteiger partial charge is 0.161 e. The normalized spacial score (nSPS) is 10.6. The molecule has 0 aliphatic carbocycles. The fraction of sp³-hybridized carbons (Fsp3) is 0.211. The number of alkyl halides is 1. The summed E-state index contributed by atoms with van der Waals surface area (Å²) in [5.74, 6) is 1.86. The molecule has 0 unspecified atom stereocenters. The van der Waals surface area contributed by atoms with Gasteiger partial charge in [0.25, 0.3) is 0 Å². The van der Waals surface area contributed by atoms with Gasteiger partial charge in [0.1, 0.15) is 11.6 Å². The summed E-state index contributed by atoms with van der Waals surface area (Å²) >= 11 is 7.50. The molecule has 0 radical (unpaired) electrons. The monoisotopic (exact) mass is 359 g/mol. The number of rotatable bonds is 6. The Kier molecular flexibility index (Phi) is 5.38. The minimum atomic E-state index is 0.450. The van der Waals surface area contributed by atoms with Crippen LogP contribution in [-0.4, -0.2) is 12.1 Å². The molecule has 0 saturated heterocycles. The second kappa shape index (κ2) is 7.69. The molecule has 1 heterocycles. The van der Waals surface area contributed by atoms with Crippen LogP contribution in [0.5, 0.6) is 11.5 Å². The Labute approximate surface area is 150 Å². The summed E-state index contributed by atoms with van der Waals surface area (Å²) in [6.07, 6.45) is 1.82. The van der Waals surface area contributed by atoms with Gasteiger partial charge in [-0.15, -0.1) is 22.9 Å². The Morgan fingerprint density at radius 1 is 1.12 bits per heavy atom. The lowest BCUT2D eigenvalue weighted by molar-refractivity contribution is 0.284. The fourth-order valence-corrected chi connectivity index (χ4v) is 3.20. The van der Waals surface area contributed by atoms with Crippen molar-refractivity contribution in [1.82, 2.24) is 4.98 Å². The van der Waals surface area contributed by atoms with Crippen LogP contribution in [0.3, 0.4) is 0 Å². The standard InChI is InChI=1S/C19H18ClNO2S/c1-13-3-5-15(19-21-7-8-24-19)10-16(13)12-23-17-6-4-14(11-20)9-18(17)22-2/h3-10H,11-12H2,1-2H3. The van der Waals surface area contributed by atoms with Crippen LogP contribution < -0.4 is 9.47 Å². The molecule has 3 nitrogen and oxygen atoms in total. The first-order valence-corrected chi connectivity index (χ1v) is 8.97. The zero-order chi connectivity index (χ0) is 16.9. The number of benzene rings is 2. The molecule has 0 aliphatic heterocycles. The third kappa shape index (κ3) is 3.71. The molecule has 1 aromatic heterocycles. The van der Waals surface area contributed by atoms with E-state index in [1.807, 2.05) is 29.8 Å². The van der Waals surface area contributed by atoms with E-state index in [9.17, 15) is 0 Å². The highest BCUT2D eigenvalue weighted by Crippen LogP contribution is 2.30. The molecule has 3 aromatic rings. The first kappa shape index (κ1) is 16.8. The van der Waals surface area contributed by atoms with Gasteiger partial charge in [-0.2, -0.15) is 0 Å². The molecule has 0 saturated carbocycles. The topological polar surface area (TPSA) is 31.4 Å². The molecule has 2 aromatic carbocycles. The van der Waals surface area contributed by atoms with Crippen LogP contribution in [0, 0.1) is 6.92 Å². The number of methoxy groups -OCH3 is 1. The van der Waals surface area contributed by atoms with E-state index in [2.05, 4.69) is 30.1 Å². The summed E-state index contributed by atoms with van der Waals surface area (Å²) in [6.45, 7) is 2.56. The molecule has 0 atom stereocenters. The van der Waals surface area contributed by atoms with Crippen LogP contribution in [-0.2, 0) is 12.5 Å². The van der Waals surface area contributed by atoms with Gasteiger partial charge in [-0.3, -0.25) is 0 Å². The molecule has 0 fully saturated rings. The van der Waals surface area contributed by atoms with Crippen molar-refractivity contribution in [2.24, 2.45) is 0 Å². The summed E-state index contributed by atoms with van der Waals surface area (Å²) in [7, 11) is 1.63. The van der Waals surface area contributed by atoms with E-state index in [1.165, 1.54) is 5.56 Å². The molecule has 0 N–H and O–H groups in total. The second-order valence-electron chi connectivity index (χ2n) is 5.39. The molecule has 0 aliphatic rings. The lowest BCUT2D eigenvalue weighted by Gasteiger charge is -2.13. The summed E-state index contributed by atoms with van der Waals surface area (Å²) in [5.41, 5.74) is 4.43. The Morgan fingerprint density at radius 3 is 2.71 bits per heavy atom. The van der Waals surface area contributed by atoms with E-state index in [-0.39, 0.29) is 0 Å². The molecular formula is C19H18ClNO2S. The van der Waals surface area contributed by atoms with Crippen molar-refractivity contribution in [3.63, 3.8) is 0 Å². The highest BCUT2D eigenvalue weighted by Gasteiger charge is 2.09. The van der Waals surface area contributed by atoms with Crippen LogP contribution in [0.4, 0.5) is 0 Å². The second-order valence-corrected chi connectivity index (χ2v) is 6.55. The fourth-order valence-electron chi connectivity index (χ4n) is 2.40. The third-order valence-corrected chi connectivity index (χ3v) is 4.92. The SMILES string of the molecule is COc1cc(CCl)ccc1OCc1cc(-c2nccs2)ccc1C. The van der Waals surface area contributed by atoms with Crippen LogP contribution in [0.15, 0.2) is 48.0 Å². The maximum atomic E-state index is 5.98. The molecule has 3 rings (SSSR count). The van der Waals surface area contributed by atoms with Crippen molar-refractivity contribution in [1.29, 1.82) is 0 Å². The van der Waals surface area contributed by atoms with Gasteiger partial charge in [0.05, 0.1) is 7.11 Å². The third-order valence-electron chi connectivity index (χ3n) is 3.79. The molecule has 24 heavy (non-hydrogen) atoms. The number of aromatic nitrogens is 1. The van der Waals surface area contributed by atoms with Gasteiger partial charge in [0, 0.05) is 23.0 Å². The van der Waals surface area contributed by atoms with Gasteiger partial charge in [0.15, 0.2) is 11.5 Å². The number of halogens is 1. The van der Waals surface area contributed by atoms with Crippen molar-refractivity contribution in [3.8, 4) is 22.1 Å². The minimum absolute atomic E-state index is 0.450. The van der Waals surface area contributed by atoms with E-state index in [4.69, 9.17) is 21.1 Å². The highest BCUT2D eigenvalue weighted by molar-refractivity contribution is 7.13. The van der Waals surface area contributed by atoms with Crippen molar-refractivity contribution in [3.05, 3.63) is 64.7 Å². The van der Waals surface area contributed by atoms with Gasteiger partial charge in [-0.1, -0.05) is 18.2 Å². The summed E-state index contributed by atoms with van der Waals surface area (Å²) in [4.78, 5) is 4.37. The number of hydrogen-bond acceptors (Lipinski definition) is 4. The maximum Gasteiger partial charge on any atom is 0.161 e. The Bertz CT molecular complexity index is 818. The van der Waals surface area contributed by atoms with Gasteiger partial charge in [0.2, 0.25) is 0 Å². The Morgan fingerprint density at radius 2 is 2.00 bits per heavy atom. The van der Waals surface area contributed by atoms with Crippen molar-refractivity contribution >= 4 is 22.9 Å². The molecule has 5 heteroatoms. The van der Waals surface area contributed by atoms with Gasteiger partial charge in [-0.25, -0.2) is 4.98 Å². The van der Waals surface area contributed by atoms with Crippen LogP contribution >= 0.6 is 22.9 Å². The van der Waals surface area contributed by atoms with E-state index in [0.717, 1.165) is 21.7 Å². The van der Waals surface area contributed by atoms with E-state index >= 15 is 0 Å². The number of nitrogens with zero attached hydrogens (tertiary/aromatic N) is 1. The Balaban J connectivity index is 1.81. The molecule has 0 bridgehead atoms. The molecule has 0 spiro atoms. The van der Waals surface area contributed by atoms with Crippen LogP contribution in [0.1, 0.15) is 16.7 Å². The van der Waals surface area contributed by atoms with Gasteiger partial charge in [-0.05, 0) is 41.8 Å². The first-order valence-electron chi connectivity index (χ1n) is 7.56. The quantitative estimate of drug-likeness (QED) is 0.549. The summed E-state index contributed by atoms with van der Waals surface area (Å²) in [5, 5.41) is 2.99. The Hall–Kier alpha value is -2.04. The number of thiazole rings is 1. The number of ether oxygens (including phenoxy) is 2. The number of aryl methyl sites for hydroxylation is 1. The van der Waals surface area contributed by atoms with Crippen LogP contribution in [0.2, 0.25) is 0 Å². The average molecular weight is 360 g/mol. The zero-order valence-electron chi connectivity index (χ0n) is 13.6. The van der Waals surface area contributed by atoms with Crippen LogP contribution in [0.25, 0.3) is 10.6 Å². The van der Waals surface area contributed by atoms with Crippen molar-refractivity contribution < 1.29 is 9.47 Å². The predicted molar refractivity (Wildman–Crippen MR) is 99.2 cm³/mol. The van der Waals surface area contributed by atoms with Gasteiger partial charge < -0.3 is 9.47 Å². The molecular weight excluding hydrogens is 342 g/mol. The minimum Gasteiger partial charge on any atom is -0.493 e. The zero-order valence-corrected chi connectivity index (χ0v) is 15.2. The predicted octanol–water partition coefficient (Wildman–Crippen LogP) is 5.44. The first-order chi connectivity index (χ1) is 11.7. The average Bonchev–Trinajstić information content (AvgIpc) is 3.15. The molecule has 0 amide bonds. The molecule has 124 valence electrons. The van der Waals surface area contributed by atoms with Crippen molar-refractivity contribution in [2.75, 3.05) is 7.11 Å².